The SMILES string of the molecule is Cc1cccc(C(=O)N(C)C(C)c2ccc(F)cc2)c1Br. The molecule has 0 bridgehead atoms. The lowest BCUT2D eigenvalue weighted by atomic mass is 10.1. The molecule has 0 heterocycles. The second-order valence-corrected chi connectivity index (χ2v) is 5.87. The summed E-state index contributed by atoms with van der Waals surface area (Å²) in [5.74, 6) is -0.344. The first-order chi connectivity index (χ1) is 9.91. The topological polar surface area (TPSA) is 20.3 Å². The van der Waals surface area contributed by atoms with Crippen molar-refractivity contribution in [2.45, 2.75) is 19.9 Å². The van der Waals surface area contributed by atoms with Gasteiger partial charge in [0.15, 0.2) is 0 Å². The third-order valence-electron chi connectivity index (χ3n) is 3.68. The van der Waals surface area contributed by atoms with Crippen LogP contribution in [0.4, 0.5) is 4.39 Å². The molecule has 1 atom stereocenters. The minimum absolute atomic E-state index is 0.0672. The number of hydrogen-bond acceptors (Lipinski definition) is 1. The Morgan fingerprint density at radius 3 is 2.43 bits per heavy atom. The van der Waals surface area contributed by atoms with Gasteiger partial charge in [-0.25, -0.2) is 4.39 Å². The van der Waals surface area contributed by atoms with E-state index in [-0.39, 0.29) is 17.8 Å². The summed E-state index contributed by atoms with van der Waals surface area (Å²) in [5.41, 5.74) is 2.55. The largest absolute Gasteiger partial charge is 0.335 e. The minimum atomic E-state index is -0.277. The molecule has 0 aliphatic heterocycles. The average molecular weight is 350 g/mol. The molecule has 1 amide bonds. The average Bonchev–Trinajstić information content (AvgIpc) is 2.48. The van der Waals surface area contributed by atoms with Crippen molar-refractivity contribution in [1.29, 1.82) is 0 Å². The van der Waals surface area contributed by atoms with Crippen molar-refractivity contribution >= 4 is 21.8 Å². The molecule has 0 aliphatic carbocycles. The fourth-order valence-electron chi connectivity index (χ4n) is 2.14. The van der Waals surface area contributed by atoms with Gasteiger partial charge >= 0.3 is 0 Å². The number of carbonyl (C=O) groups is 1. The van der Waals surface area contributed by atoms with E-state index in [1.165, 1.54) is 12.1 Å². The fourth-order valence-corrected chi connectivity index (χ4v) is 2.58. The summed E-state index contributed by atoms with van der Waals surface area (Å²) in [5, 5.41) is 0. The third kappa shape index (κ3) is 3.32. The van der Waals surface area contributed by atoms with Crippen LogP contribution in [-0.4, -0.2) is 17.9 Å². The summed E-state index contributed by atoms with van der Waals surface area (Å²) in [7, 11) is 1.76. The number of aryl methyl sites for hydroxylation is 1. The van der Waals surface area contributed by atoms with Crippen molar-refractivity contribution in [3.63, 3.8) is 0 Å². The van der Waals surface area contributed by atoms with Crippen molar-refractivity contribution < 1.29 is 9.18 Å². The Balaban J connectivity index is 2.26. The van der Waals surface area contributed by atoms with E-state index in [1.54, 1.807) is 30.1 Å². The molecule has 0 radical (unpaired) electrons. The van der Waals surface area contributed by atoms with Gasteiger partial charge in [0.05, 0.1) is 11.6 Å². The molecule has 1 unspecified atom stereocenters. The maximum Gasteiger partial charge on any atom is 0.255 e. The molecule has 2 aromatic carbocycles. The standard InChI is InChI=1S/C17H17BrFNO/c1-11-5-4-6-15(16(11)18)17(21)20(3)12(2)13-7-9-14(19)10-8-13/h4-10,12H,1-3H3. The molecule has 0 saturated heterocycles. The van der Waals surface area contributed by atoms with E-state index in [0.29, 0.717) is 5.56 Å². The first kappa shape index (κ1) is 15.7. The maximum absolute atomic E-state index is 13.0. The minimum Gasteiger partial charge on any atom is -0.335 e. The number of hydrogen-bond donors (Lipinski definition) is 0. The van der Waals surface area contributed by atoms with E-state index in [4.69, 9.17) is 0 Å². The van der Waals surface area contributed by atoms with Crippen LogP contribution in [0.15, 0.2) is 46.9 Å². The molecule has 2 nitrogen and oxygen atoms in total. The molecule has 0 fully saturated rings. The van der Waals surface area contributed by atoms with Crippen molar-refractivity contribution in [1.82, 2.24) is 4.90 Å². The number of halogens is 2. The maximum atomic E-state index is 13.0. The predicted molar refractivity (Wildman–Crippen MR) is 85.8 cm³/mol. The van der Waals surface area contributed by atoms with Crippen LogP contribution in [0.25, 0.3) is 0 Å². The highest BCUT2D eigenvalue weighted by molar-refractivity contribution is 9.10. The van der Waals surface area contributed by atoms with Crippen LogP contribution in [-0.2, 0) is 0 Å². The van der Waals surface area contributed by atoms with E-state index in [2.05, 4.69) is 15.9 Å². The fraction of sp³-hybridized carbons (Fsp3) is 0.235. The zero-order chi connectivity index (χ0) is 15.6. The third-order valence-corrected chi connectivity index (χ3v) is 4.73. The lowest BCUT2D eigenvalue weighted by Crippen LogP contribution is -2.30. The van der Waals surface area contributed by atoms with Crippen molar-refractivity contribution in [3.05, 3.63) is 69.4 Å². The van der Waals surface area contributed by atoms with Crippen LogP contribution in [0.2, 0.25) is 0 Å². The van der Waals surface area contributed by atoms with Crippen molar-refractivity contribution in [2.24, 2.45) is 0 Å². The molecule has 4 heteroatoms. The summed E-state index contributed by atoms with van der Waals surface area (Å²) in [4.78, 5) is 14.3. The van der Waals surface area contributed by atoms with Crippen LogP contribution < -0.4 is 0 Å². The summed E-state index contributed by atoms with van der Waals surface area (Å²) in [6, 6.07) is 11.7. The van der Waals surface area contributed by atoms with E-state index in [9.17, 15) is 9.18 Å². The molecule has 21 heavy (non-hydrogen) atoms. The van der Waals surface area contributed by atoms with E-state index >= 15 is 0 Å². The van der Waals surface area contributed by atoms with Gasteiger partial charge in [-0.15, -0.1) is 0 Å². The van der Waals surface area contributed by atoms with Gasteiger partial charge in [0.1, 0.15) is 5.82 Å². The second kappa shape index (κ2) is 6.39. The summed E-state index contributed by atoms with van der Waals surface area (Å²) < 4.78 is 13.8. The van der Waals surface area contributed by atoms with Gasteiger partial charge in [0.25, 0.3) is 5.91 Å². The Morgan fingerprint density at radius 2 is 1.81 bits per heavy atom. The molecule has 0 N–H and O–H groups in total. The first-order valence-corrected chi connectivity index (χ1v) is 7.49. The van der Waals surface area contributed by atoms with Gasteiger partial charge in [0.2, 0.25) is 0 Å². The number of benzene rings is 2. The highest BCUT2D eigenvalue weighted by atomic mass is 79.9. The van der Waals surface area contributed by atoms with Gasteiger partial charge in [-0.1, -0.05) is 24.3 Å². The Morgan fingerprint density at radius 1 is 1.19 bits per heavy atom. The van der Waals surface area contributed by atoms with Gasteiger partial charge in [-0.3, -0.25) is 4.79 Å². The van der Waals surface area contributed by atoms with Gasteiger partial charge in [0, 0.05) is 11.5 Å². The lowest BCUT2D eigenvalue weighted by Gasteiger charge is -2.26. The second-order valence-electron chi connectivity index (χ2n) is 5.08. The smallest absolute Gasteiger partial charge is 0.255 e. The number of rotatable bonds is 3. The molecule has 0 aliphatic rings. The summed E-state index contributed by atoms with van der Waals surface area (Å²) >= 11 is 3.47. The van der Waals surface area contributed by atoms with Crippen molar-refractivity contribution in [2.75, 3.05) is 7.05 Å². The molecule has 0 saturated carbocycles. The summed E-state index contributed by atoms with van der Waals surface area (Å²) in [6.45, 7) is 3.87. The zero-order valence-electron chi connectivity index (χ0n) is 12.2. The van der Waals surface area contributed by atoms with Gasteiger partial charge in [-0.2, -0.15) is 0 Å². The molecule has 2 aromatic rings. The molecule has 2 rings (SSSR count). The quantitative estimate of drug-likeness (QED) is 0.784. The Bertz CT molecular complexity index is 654. The Hall–Kier alpha value is -1.68. The van der Waals surface area contributed by atoms with Crippen LogP contribution >= 0.6 is 15.9 Å². The monoisotopic (exact) mass is 349 g/mol. The van der Waals surface area contributed by atoms with Crippen LogP contribution in [0.1, 0.15) is 34.5 Å². The van der Waals surface area contributed by atoms with Crippen LogP contribution in [0, 0.1) is 12.7 Å². The van der Waals surface area contributed by atoms with Crippen LogP contribution in [0.3, 0.4) is 0 Å². The predicted octanol–water partition coefficient (Wildman–Crippen LogP) is 4.73. The Kier molecular flexibility index (Phi) is 4.78. The molecule has 0 spiro atoms. The first-order valence-electron chi connectivity index (χ1n) is 6.69. The van der Waals surface area contributed by atoms with Gasteiger partial charge in [-0.05, 0) is 59.1 Å². The van der Waals surface area contributed by atoms with E-state index in [0.717, 1.165) is 15.6 Å². The van der Waals surface area contributed by atoms with Gasteiger partial charge < -0.3 is 4.90 Å². The number of nitrogens with zero attached hydrogens (tertiary/aromatic N) is 1. The zero-order valence-corrected chi connectivity index (χ0v) is 13.8. The lowest BCUT2D eigenvalue weighted by molar-refractivity contribution is 0.0741. The summed E-state index contributed by atoms with van der Waals surface area (Å²) in [6.07, 6.45) is 0. The van der Waals surface area contributed by atoms with Crippen molar-refractivity contribution in [3.8, 4) is 0 Å². The van der Waals surface area contributed by atoms with E-state index in [1.807, 2.05) is 26.0 Å². The highest BCUT2D eigenvalue weighted by Gasteiger charge is 2.21. The number of amides is 1. The van der Waals surface area contributed by atoms with E-state index < -0.39 is 0 Å². The Labute approximate surface area is 132 Å². The normalized spacial score (nSPS) is 12.0. The molecular formula is C17H17BrFNO. The molecular weight excluding hydrogens is 333 g/mol. The van der Waals surface area contributed by atoms with Crippen LogP contribution in [0.5, 0.6) is 0 Å². The molecule has 0 aromatic heterocycles. The molecule has 110 valence electrons. The number of carbonyl (C=O) groups excluding carboxylic acids is 1. The highest BCUT2D eigenvalue weighted by Crippen LogP contribution is 2.26.